The zero-order chi connectivity index (χ0) is 12.5. The number of hydrogen-bond donors (Lipinski definition) is 2. The van der Waals surface area contributed by atoms with Gasteiger partial charge in [0.2, 0.25) is 5.95 Å². The second-order valence-corrected chi connectivity index (χ2v) is 4.33. The Hall–Kier alpha value is -2.14. The smallest absolute Gasteiger partial charge is 0.221 e. The van der Waals surface area contributed by atoms with Gasteiger partial charge in [0.25, 0.3) is 0 Å². The lowest BCUT2D eigenvalue weighted by Crippen LogP contribution is -2.00. The average molecular weight is 260 g/mol. The van der Waals surface area contributed by atoms with Crippen LogP contribution < -0.4 is 11.1 Å². The Bertz CT molecular complexity index is 638. The molecular formula is C12H10ClN5. The van der Waals surface area contributed by atoms with Crippen molar-refractivity contribution < 1.29 is 0 Å². The molecule has 0 radical (unpaired) electrons. The third-order valence-corrected chi connectivity index (χ3v) is 2.99. The summed E-state index contributed by atoms with van der Waals surface area (Å²) in [5, 5.41) is 3.84. The summed E-state index contributed by atoms with van der Waals surface area (Å²) in [5.74, 6) is 0.863. The quantitative estimate of drug-likeness (QED) is 0.868. The SMILES string of the molecule is Nc1nccc(Nc2cc(Cl)c3c(c2)C=NC3)n1. The minimum absolute atomic E-state index is 0.230. The number of fused-ring (bicyclic) bond motifs is 1. The summed E-state index contributed by atoms with van der Waals surface area (Å²) in [6.07, 6.45) is 3.42. The number of nitrogens with one attached hydrogen (secondary N) is 1. The highest BCUT2D eigenvalue weighted by molar-refractivity contribution is 6.32. The van der Waals surface area contributed by atoms with Crippen molar-refractivity contribution in [1.29, 1.82) is 0 Å². The van der Waals surface area contributed by atoms with Crippen LogP contribution in [-0.2, 0) is 6.54 Å². The molecule has 0 saturated carbocycles. The summed E-state index contributed by atoms with van der Waals surface area (Å²) >= 11 is 6.19. The molecule has 5 nitrogen and oxygen atoms in total. The third kappa shape index (κ3) is 2.00. The normalized spacial score (nSPS) is 12.5. The number of rotatable bonds is 2. The van der Waals surface area contributed by atoms with E-state index in [1.165, 1.54) is 0 Å². The van der Waals surface area contributed by atoms with E-state index in [0.29, 0.717) is 17.4 Å². The molecule has 18 heavy (non-hydrogen) atoms. The molecule has 0 atom stereocenters. The standard InChI is InChI=1S/C12H10ClN5/c13-10-4-8(3-7-5-15-6-9(7)10)17-11-1-2-16-12(14)18-11/h1-5H,6H2,(H3,14,16,17,18). The predicted molar refractivity (Wildman–Crippen MR) is 72.5 cm³/mol. The van der Waals surface area contributed by atoms with Gasteiger partial charge in [0.15, 0.2) is 0 Å². The Morgan fingerprint density at radius 2 is 2.22 bits per heavy atom. The third-order valence-electron chi connectivity index (χ3n) is 2.66. The molecule has 0 fully saturated rings. The summed E-state index contributed by atoms with van der Waals surface area (Å²) in [6, 6.07) is 5.58. The van der Waals surface area contributed by atoms with Crippen molar-refractivity contribution in [2.75, 3.05) is 11.1 Å². The first-order valence-electron chi connectivity index (χ1n) is 5.40. The van der Waals surface area contributed by atoms with Gasteiger partial charge in [0, 0.05) is 34.2 Å². The van der Waals surface area contributed by atoms with Crippen LogP contribution in [0.3, 0.4) is 0 Å². The monoisotopic (exact) mass is 259 g/mol. The lowest BCUT2D eigenvalue weighted by atomic mass is 10.1. The Labute approximate surface area is 109 Å². The van der Waals surface area contributed by atoms with Crippen molar-refractivity contribution in [3.63, 3.8) is 0 Å². The van der Waals surface area contributed by atoms with E-state index in [9.17, 15) is 0 Å². The molecule has 6 heteroatoms. The molecule has 1 aliphatic rings. The van der Waals surface area contributed by atoms with Crippen LogP contribution in [0.15, 0.2) is 29.4 Å². The number of nitrogens with two attached hydrogens (primary N) is 1. The largest absolute Gasteiger partial charge is 0.368 e. The molecular weight excluding hydrogens is 250 g/mol. The lowest BCUT2D eigenvalue weighted by molar-refractivity contribution is 1.11. The first-order chi connectivity index (χ1) is 8.72. The highest BCUT2D eigenvalue weighted by atomic mass is 35.5. The van der Waals surface area contributed by atoms with Crippen LogP contribution in [0.25, 0.3) is 0 Å². The number of hydrogen-bond acceptors (Lipinski definition) is 5. The van der Waals surface area contributed by atoms with Crippen LogP contribution in [0.1, 0.15) is 11.1 Å². The topological polar surface area (TPSA) is 76.2 Å². The van der Waals surface area contributed by atoms with E-state index in [4.69, 9.17) is 17.3 Å². The fraction of sp³-hybridized carbons (Fsp3) is 0.0833. The molecule has 0 bridgehead atoms. The van der Waals surface area contributed by atoms with E-state index >= 15 is 0 Å². The Kier molecular flexibility index (Phi) is 2.60. The first-order valence-corrected chi connectivity index (χ1v) is 5.78. The number of nitrogen functional groups attached to an aromatic ring is 1. The molecule has 0 saturated heterocycles. The van der Waals surface area contributed by atoms with Crippen molar-refractivity contribution >= 4 is 35.3 Å². The number of halogens is 1. The number of anilines is 3. The molecule has 0 aliphatic carbocycles. The minimum Gasteiger partial charge on any atom is -0.368 e. The van der Waals surface area contributed by atoms with Crippen molar-refractivity contribution in [2.24, 2.45) is 4.99 Å². The second kappa shape index (κ2) is 4.27. The second-order valence-electron chi connectivity index (χ2n) is 3.92. The highest BCUT2D eigenvalue weighted by Crippen LogP contribution is 2.29. The zero-order valence-electron chi connectivity index (χ0n) is 9.39. The highest BCUT2D eigenvalue weighted by Gasteiger charge is 2.12. The fourth-order valence-corrected chi connectivity index (χ4v) is 2.12. The maximum Gasteiger partial charge on any atom is 0.221 e. The van der Waals surface area contributed by atoms with E-state index in [1.807, 2.05) is 18.3 Å². The van der Waals surface area contributed by atoms with Gasteiger partial charge < -0.3 is 11.1 Å². The molecule has 0 amide bonds. The molecule has 3 rings (SSSR count). The molecule has 1 aliphatic heterocycles. The Balaban J connectivity index is 1.94. The zero-order valence-corrected chi connectivity index (χ0v) is 10.1. The van der Waals surface area contributed by atoms with Gasteiger partial charge in [-0.25, -0.2) is 4.98 Å². The van der Waals surface area contributed by atoms with Gasteiger partial charge in [-0.05, 0) is 18.2 Å². The summed E-state index contributed by atoms with van der Waals surface area (Å²) < 4.78 is 0. The lowest BCUT2D eigenvalue weighted by Gasteiger charge is -2.08. The number of benzene rings is 1. The van der Waals surface area contributed by atoms with Gasteiger partial charge in [0.1, 0.15) is 5.82 Å². The molecule has 1 aromatic heterocycles. The van der Waals surface area contributed by atoms with Gasteiger partial charge in [-0.2, -0.15) is 4.98 Å². The van der Waals surface area contributed by atoms with Gasteiger partial charge in [0.05, 0.1) is 6.54 Å². The molecule has 3 N–H and O–H groups in total. The van der Waals surface area contributed by atoms with E-state index in [2.05, 4.69) is 20.3 Å². The summed E-state index contributed by atoms with van der Waals surface area (Å²) in [6.45, 7) is 0.648. The number of aliphatic imine (C=N–C) groups is 1. The van der Waals surface area contributed by atoms with Crippen LogP contribution in [0.2, 0.25) is 5.02 Å². The average Bonchev–Trinajstić information content (AvgIpc) is 2.77. The summed E-state index contributed by atoms with van der Waals surface area (Å²) in [4.78, 5) is 12.1. The first kappa shape index (κ1) is 11.0. The Morgan fingerprint density at radius 3 is 3.06 bits per heavy atom. The van der Waals surface area contributed by atoms with Crippen molar-refractivity contribution in [1.82, 2.24) is 9.97 Å². The maximum atomic E-state index is 6.19. The van der Waals surface area contributed by atoms with E-state index < -0.39 is 0 Å². The van der Waals surface area contributed by atoms with E-state index in [1.54, 1.807) is 12.3 Å². The summed E-state index contributed by atoms with van der Waals surface area (Å²) in [7, 11) is 0. The number of aromatic nitrogens is 2. The molecule has 1 aromatic carbocycles. The predicted octanol–water partition coefficient (Wildman–Crippen LogP) is 2.39. The van der Waals surface area contributed by atoms with E-state index in [-0.39, 0.29) is 5.95 Å². The maximum absolute atomic E-state index is 6.19. The molecule has 2 heterocycles. The van der Waals surface area contributed by atoms with Gasteiger partial charge in [-0.1, -0.05) is 11.6 Å². The van der Waals surface area contributed by atoms with Crippen LogP contribution >= 0.6 is 11.6 Å². The van der Waals surface area contributed by atoms with Crippen LogP contribution in [0.4, 0.5) is 17.5 Å². The van der Waals surface area contributed by atoms with Crippen LogP contribution in [0, 0.1) is 0 Å². The van der Waals surface area contributed by atoms with Crippen molar-refractivity contribution in [3.05, 3.63) is 40.5 Å². The Morgan fingerprint density at radius 1 is 1.33 bits per heavy atom. The summed E-state index contributed by atoms with van der Waals surface area (Å²) in [5.41, 5.74) is 8.47. The van der Waals surface area contributed by atoms with Crippen molar-refractivity contribution in [3.8, 4) is 0 Å². The minimum atomic E-state index is 0.230. The molecule has 90 valence electrons. The molecule has 0 spiro atoms. The van der Waals surface area contributed by atoms with Gasteiger partial charge in [-0.3, -0.25) is 4.99 Å². The molecule has 2 aromatic rings. The van der Waals surface area contributed by atoms with Crippen LogP contribution in [0.5, 0.6) is 0 Å². The number of nitrogens with zero attached hydrogens (tertiary/aromatic N) is 3. The van der Waals surface area contributed by atoms with Crippen molar-refractivity contribution in [2.45, 2.75) is 6.54 Å². The molecule has 0 unspecified atom stereocenters. The van der Waals surface area contributed by atoms with Gasteiger partial charge in [-0.15, -0.1) is 0 Å². The van der Waals surface area contributed by atoms with E-state index in [0.717, 1.165) is 16.8 Å². The van der Waals surface area contributed by atoms with Crippen LogP contribution in [-0.4, -0.2) is 16.2 Å². The fourth-order valence-electron chi connectivity index (χ4n) is 1.84. The van der Waals surface area contributed by atoms with Gasteiger partial charge >= 0.3 is 0 Å².